The third-order valence-corrected chi connectivity index (χ3v) is 2.33. The Morgan fingerprint density at radius 1 is 1.38 bits per heavy atom. The Hall–Kier alpha value is -1.51. The molecule has 13 heavy (non-hydrogen) atoms. The fourth-order valence-electron chi connectivity index (χ4n) is 1.54. The smallest absolute Gasteiger partial charge is 0.130 e. The number of rotatable bonds is 1. The minimum absolute atomic E-state index is 0.892. The lowest BCUT2D eigenvalue weighted by molar-refractivity contribution is 0.419. The zero-order valence-electron chi connectivity index (χ0n) is 8.03. The first kappa shape index (κ1) is 8.10. The molecule has 0 aliphatic carbocycles. The summed E-state index contributed by atoms with van der Waals surface area (Å²) in [7, 11) is 3.62. The molecule has 0 atom stereocenters. The van der Waals surface area contributed by atoms with E-state index in [1.165, 1.54) is 0 Å². The molecule has 0 bridgehead atoms. The molecule has 3 heteroatoms. The van der Waals surface area contributed by atoms with Gasteiger partial charge in [-0.3, -0.25) is 4.68 Å². The first-order valence-electron chi connectivity index (χ1n) is 4.20. The Morgan fingerprint density at radius 3 is 2.85 bits per heavy atom. The molecule has 0 fully saturated rings. The van der Waals surface area contributed by atoms with Crippen molar-refractivity contribution < 1.29 is 4.74 Å². The number of hydrogen-bond donors (Lipinski definition) is 0. The summed E-state index contributed by atoms with van der Waals surface area (Å²) in [5.41, 5.74) is 2.12. The maximum Gasteiger partial charge on any atom is 0.130 e. The fraction of sp³-hybridized carbons (Fsp3) is 0.300. The Kier molecular flexibility index (Phi) is 1.72. The van der Waals surface area contributed by atoms with Crippen LogP contribution in [0.15, 0.2) is 18.2 Å². The number of benzene rings is 1. The summed E-state index contributed by atoms with van der Waals surface area (Å²) < 4.78 is 7.14. The lowest BCUT2D eigenvalue weighted by Crippen LogP contribution is -1.91. The molecule has 0 radical (unpaired) electrons. The molecule has 68 valence electrons. The molecule has 2 rings (SSSR count). The van der Waals surface area contributed by atoms with Crippen LogP contribution in [0.2, 0.25) is 0 Å². The molecule has 0 saturated carbocycles. The van der Waals surface area contributed by atoms with Crippen LogP contribution in [0.4, 0.5) is 0 Å². The van der Waals surface area contributed by atoms with Crippen LogP contribution < -0.4 is 4.74 Å². The van der Waals surface area contributed by atoms with Crippen molar-refractivity contribution in [3.63, 3.8) is 0 Å². The summed E-state index contributed by atoms with van der Waals surface area (Å²) in [5, 5.41) is 5.46. The second-order valence-corrected chi connectivity index (χ2v) is 3.06. The third kappa shape index (κ3) is 1.08. The predicted molar refractivity (Wildman–Crippen MR) is 52.0 cm³/mol. The number of nitrogens with zero attached hydrogens (tertiary/aromatic N) is 2. The van der Waals surface area contributed by atoms with Gasteiger partial charge in [-0.1, -0.05) is 6.07 Å². The van der Waals surface area contributed by atoms with Gasteiger partial charge in [-0.2, -0.15) is 5.10 Å². The van der Waals surface area contributed by atoms with Crippen molar-refractivity contribution in [3.8, 4) is 5.75 Å². The average molecular weight is 176 g/mol. The van der Waals surface area contributed by atoms with Gasteiger partial charge < -0.3 is 4.74 Å². The Bertz CT molecular complexity index is 445. The van der Waals surface area contributed by atoms with Crippen LogP contribution in [-0.4, -0.2) is 16.9 Å². The summed E-state index contributed by atoms with van der Waals surface area (Å²) in [6.45, 7) is 2.04. The van der Waals surface area contributed by atoms with Gasteiger partial charge in [0.1, 0.15) is 5.75 Å². The van der Waals surface area contributed by atoms with Gasteiger partial charge in [-0.15, -0.1) is 0 Å². The number of hydrogen-bond acceptors (Lipinski definition) is 2. The lowest BCUT2D eigenvalue weighted by Gasteiger charge is -2.00. The molecule has 2 aromatic rings. The summed E-state index contributed by atoms with van der Waals surface area (Å²) in [6, 6.07) is 5.90. The zero-order chi connectivity index (χ0) is 9.42. The highest BCUT2D eigenvalue weighted by atomic mass is 16.5. The molecule has 0 saturated heterocycles. The van der Waals surface area contributed by atoms with Crippen LogP contribution in [0.25, 0.3) is 10.9 Å². The van der Waals surface area contributed by atoms with Gasteiger partial charge >= 0.3 is 0 Å². The highest BCUT2D eigenvalue weighted by Crippen LogP contribution is 2.27. The van der Waals surface area contributed by atoms with Crippen LogP contribution in [0.1, 0.15) is 5.69 Å². The Balaban J connectivity index is 2.87. The molecule has 0 aliphatic heterocycles. The van der Waals surface area contributed by atoms with Gasteiger partial charge in [0.15, 0.2) is 0 Å². The van der Waals surface area contributed by atoms with Crippen molar-refractivity contribution in [2.45, 2.75) is 6.92 Å². The first-order chi connectivity index (χ1) is 6.24. The largest absolute Gasteiger partial charge is 0.496 e. The number of methoxy groups -OCH3 is 1. The quantitative estimate of drug-likeness (QED) is 0.663. The van der Waals surface area contributed by atoms with Crippen molar-refractivity contribution >= 4 is 10.9 Å². The zero-order valence-corrected chi connectivity index (χ0v) is 8.03. The van der Waals surface area contributed by atoms with Gasteiger partial charge in [0.25, 0.3) is 0 Å². The predicted octanol–water partition coefficient (Wildman–Crippen LogP) is 1.89. The molecule has 0 aliphatic rings. The van der Waals surface area contributed by atoms with Crippen LogP contribution >= 0.6 is 0 Å². The number of aryl methyl sites for hydroxylation is 2. The number of ether oxygens (including phenoxy) is 1. The van der Waals surface area contributed by atoms with Crippen LogP contribution in [0.5, 0.6) is 5.75 Å². The van der Waals surface area contributed by atoms with E-state index < -0.39 is 0 Å². The minimum Gasteiger partial charge on any atom is -0.496 e. The Labute approximate surface area is 76.9 Å². The summed E-state index contributed by atoms with van der Waals surface area (Å²) in [4.78, 5) is 0. The molecule has 1 aromatic carbocycles. The standard InChI is InChI=1S/C10H12N2O/c1-7-10-8(11-12(7)2)5-4-6-9(10)13-3/h4-6H,1-3H3. The summed E-state index contributed by atoms with van der Waals surface area (Å²) >= 11 is 0. The molecule has 1 aromatic heterocycles. The summed E-state index contributed by atoms with van der Waals surface area (Å²) in [5.74, 6) is 0.892. The van der Waals surface area contributed by atoms with Gasteiger partial charge in [0.05, 0.1) is 18.0 Å². The van der Waals surface area contributed by atoms with Crippen molar-refractivity contribution in [1.29, 1.82) is 0 Å². The van der Waals surface area contributed by atoms with E-state index in [2.05, 4.69) is 5.10 Å². The number of aromatic nitrogens is 2. The van der Waals surface area contributed by atoms with E-state index in [0.717, 1.165) is 22.3 Å². The van der Waals surface area contributed by atoms with Crippen LogP contribution in [-0.2, 0) is 7.05 Å². The van der Waals surface area contributed by atoms with Crippen LogP contribution in [0, 0.1) is 6.92 Å². The van der Waals surface area contributed by atoms with Crippen molar-refractivity contribution in [1.82, 2.24) is 9.78 Å². The van der Waals surface area contributed by atoms with E-state index in [-0.39, 0.29) is 0 Å². The highest BCUT2D eigenvalue weighted by molar-refractivity contribution is 5.87. The van der Waals surface area contributed by atoms with Gasteiger partial charge in [-0.05, 0) is 19.1 Å². The second kappa shape index (κ2) is 2.76. The fourth-order valence-corrected chi connectivity index (χ4v) is 1.54. The van der Waals surface area contributed by atoms with Gasteiger partial charge in [-0.25, -0.2) is 0 Å². The molecule has 1 heterocycles. The first-order valence-corrected chi connectivity index (χ1v) is 4.20. The van der Waals surface area contributed by atoms with Crippen molar-refractivity contribution in [2.24, 2.45) is 7.05 Å². The van der Waals surface area contributed by atoms with Crippen molar-refractivity contribution in [3.05, 3.63) is 23.9 Å². The molecule has 3 nitrogen and oxygen atoms in total. The minimum atomic E-state index is 0.892. The monoisotopic (exact) mass is 176 g/mol. The average Bonchev–Trinajstić information content (AvgIpc) is 2.43. The molecule has 0 unspecified atom stereocenters. The van der Waals surface area contributed by atoms with E-state index in [1.54, 1.807) is 7.11 Å². The maximum atomic E-state index is 5.27. The topological polar surface area (TPSA) is 27.1 Å². The maximum absolute atomic E-state index is 5.27. The van der Waals surface area contributed by atoms with Crippen molar-refractivity contribution in [2.75, 3.05) is 7.11 Å². The SMILES string of the molecule is COc1cccc2nn(C)c(C)c12. The molecular formula is C10H12N2O. The molecule has 0 amide bonds. The van der Waals surface area contributed by atoms with E-state index in [4.69, 9.17) is 4.74 Å². The highest BCUT2D eigenvalue weighted by Gasteiger charge is 2.08. The number of fused-ring (bicyclic) bond motifs is 1. The van der Waals surface area contributed by atoms with E-state index in [1.807, 2.05) is 36.9 Å². The molecular weight excluding hydrogens is 164 g/mol. The lowest BCUT2D eigenvalue weighted by atomic mass is 10.2. The van der Waals surface area contributed by atoms with Gasteiger partial charge in [0, 0.05) is 12.7 Å². The van der Waals surface area contributed by atoms with Crippen LogP contribution in [0.3, 0.4) is 0 Å². The normalized spacial score (nSPS) is 10.7. The van der Waals surface area contributed by atoms with E-state index in [0.29, 0.717) is 0 Å². The van der Waals surface area contributed by atoms with E-state index >= 15 is 0 Å². The second-order valence-electron chi connectivity index (χ2n) is 3.06. The van der Waals surface area contributed by atoms with Gasteiger partial charge in [0.2, 0.25) is 0 Å². The molecule has 0 N–H and O–H groups in total. The Morgan fingerprint density at radius 2 is 2.15 bits per heavy atom. The summed E-state index contributed by atoms with van der Waals surface area (Å²) in [6.07, 6.45) is 0. The third-order valence-electron chi connectivity index (χ3n) is 2.33. The molecule has 0 spiro atoms. The van der Waals surface area contributed by atoms with E-state index in [9.17, 15) is 0 Å².